The Kier molecular flexibility index (Phi) is 20.3. The Labute approximate surface area is 213 Å². The molecule has 2 aromatic heterocycles. The zero-order valence-corrected chi connectivity index (χ0v) is 26.2. The predicted molar refractivity (Wildman–Crippen MR) is 152 cm³/mol. The van der Waals surface area contributed by atoms with E-state index in [-0.39, 0.29) is 31.4 Å². The first-order valence-corrected chi connectivity index (χ1v) is 20.2. The van der Waals surface area contributed by atoms with Crippen LogP contribution in [0.15, 0.2) is 28.1 Å². The normalized spacial score (nSPS) is 10.5. The van der Waals surface area contributed by atoms with Gasteiger partial charge < -0.3 is 0 Å². The van der Waals surface area contributed by atoms with E-state index in [1.807, 2.05) is 2.89 Å². The number of hydrogen-bond acceptors (Lipinski definition) is 2. The van der Waals surface area contributed by atoms with Gasteiger partial charge in [-0.15, -0.1) is 35.3 Å². The van der Waals surface area contributed by atoms with Crippen molar-refractivity contribution >= 4 is 83.9 Å². The molecule has 0 unspecified atom stereocenters. The molecule has 5 heteroatoms. The monoisotopic (exact) mass is 708 g/mol. The van der Waals surface area contributed by atoms with Gasteiger partial charge in [0.2, 0.25) is 0 Å². The standard InChI is InChI=1S/C5H5BrS.C5H5S.3C4H9.CH4.HI.Sn/c1-4-2-3-5(6)7-4;1-5-3-2-4-6-5;3*1-3-4-2;;;/h2-3H,1H3;2-3H,1H3;3*1,3-4H2,2H3;1H4;1H;. The summed E-state index contributed by atoms with van der Waals surface area (Å²) in [7, 11) is 0. The Hall–Kier alpha value is 1.41. The van der Waals surface area contributed by atoms with Crippen LogP contribution in [0.3, 0.4) is 0 Å². The smallest absolute Gasteiger partial charge is 0.0701 e. The van der Waals surface area contributed by atoms with E-state index < -0.39 is 18.4 Å². The number of halogens is 2. The maximum absolute atomic E-state index is 3.35. The van der Waals surface area contributed by atoms with E-state index in [9.17, 15) is 0 Å². The van der Waals surface area contributed by atoms with Crippen LogP contribution in [0.5, 0.6) is 0 Å². The average molecular weight is 708 g/mol. The third kappa shape index (κ3) is 11.7. The summed E-state index contributed by atoms with van der Waals surface area (Å²) in [5.74, 6) is 0. The van der Waals surface area contributed by atoms with Gasteiger partial charge in [0.05, 0.1) is 3.79 Å². The van der Waals surface area contributed by atoms with Gasteiger partial charge in [0.1, 0.15) is 0 Å². The fraction of sp³-hybridized carbons (Fsp3) is 0.652. The van der Waals surface area contributed by atoms with Crippen LogP contribution >= 0.6 is 62.6 Å². The Bertz CT molecular complexity index is 571. The maximum Gasteiger partial charge on any atom is 0.0701 e. The van der Waals surface area contributed by atoms with Crippen molar-refractivity contribution in [3.63, 3.8) is 0 Å². The van der Waals surface area contributed by atoms with Crippen LogP contribution in [0.4, 0.5) is 0 Å². The first-order valence-electron chi connectivity index (χ1n) is 10.3. The molecule has 2 heterocycles. The van der Waals surface area contributed by atoms with Crippen LogP contribution in [0, 0.1) is 13.8 Å². The molecule has 0 bridgehead atoms. The van der Waals surface area contributed by atoms with Gasteiger partial charge in [-0.05, 0) is 35.0 Å². The fourth-order valence-corrected chi connectivity index (χ4v) is 25.3. The molecule has 0 aromatic carbocycles. The van der Waals surface area contributed by atoms with Crippen LogP contribution in [-0.4, -0.2) is 18.4 Å². The van der Waals surface area contributed by atoms with Crippen molar-refractivity contribution < 1.29 is 0 Å². The first-order chi connectivity index (χ1) is 12.5. The minimum Gasteiger partial charge on any atom is -0.134 e. The summed E-state index contributed by atoms with van der Waals surface area (Å²) in [6.45, 7) is 11.4. The maximum atomic E-state index is 3.35. The van der Waals surface area contributed by atoms with E-state index in [0.29, 0.717) is 0 Å². The van der Waals surface area contributed by atoms with E-state index in [2.05, 4.69) is 86.2 Å². The van der Waals surface area contributed by atoms with Crippen LogP contribution in [0.25, 0.3) is 0 Å². The summed E-state index contributed by atoms with van der Waals surface area (Å²) in [5.41, 5.74) is 0. The SMILES string of the molecule is C.CCC[CH2][Sn]([CH2]CCC)([CH2]CCC)[c]1ccc(C)s1.Cc1ccc(Br)s1.I. The predicted octanol–water partition coefficient (Wildman–Crippen LogP) is 10.2. The van der Waals surface area contributed by atoms with Gasteiger partial charge in [-0.1, -0.05) is 7.43 Å². The van der Waals surface area contributed by atoms with Crippen molar-refractivity contribution in [2.45, 2.75) is 93.9 Å². The Morgan fingerprint density at radius 2 is 1.18 bits per heavy atom. The molecule has 0 fully saturated rings. The molecule has 0 spiro atoms. The quantitative estimate of drug-likeness (QED) is 0.170. The number of unbranched alkanes of at least 4 members (excludes halogenated alkanes) is 3. The van der Waals surface area contributed by atoms with Gasteiger partial charge in [0.25, 0.3) is 0 Å². The van der Waals surface area contributed by atoms with Gasteiger partial charge in [-0.2, -0.15) is 0 Å². The summed E-state index contributed by atoms with van der Waals surface area (Å²) < 4.78 is 7.90. The van der Waals surface area contributed by atoms with Crippen LogP contribution in [-0.2, 0) is 0 Å². The largest absolute Gasteiger partial charge is 0.134 e. The van der Waals surface area contributed by atoms with Gasteiger partial charge in [-0.25, -0.2) is 0 Å². The van der Waals surface area contributed by atoms with Crippen LogP contribution in [0.1, 0.15) is 76.5 Å². The van der Waals surface area contributed by atoms with Crippen molar-refractivity contribution in [2.75, 3.05) is 0 Å². The molecule has 0 saturated heterocycles. The molecule has 0 aliphatic heterocycles. The minimum atomic E-state index is -2.06. The molecule has 0 N–H and O–H groups in total. The molecular formula is C23H42BrIS2Sn. The Morgan fingerprint density at radius 1 is 0.750 bits per heavy atom. The molecule has 0 atom stereocenters. The van der Waals surface area contributed by atoms with Crippen molar-refractivity contribution in [2.24, 2.45) is 0 Å². The van der Waals surface area contributed by atoms with Gasteiger partial charge in [-0.3, -0.25) is 0 Å². The van der Waals surface area contributed by atoms with E-state index in [1.165, 1.54) is 52.1 Å². The first kappa shape index (κ1) is 31.6. The van der Waals surface area contributed by atoms with Gasteiger partial charge in [0, 0.05) is 4.88 Å². The van der Waals surface area contributed by atoms with E-state index in [0.717, 1.165) is 0 Å². The second-order valence-electron chi connectivity index (χ2n) is 7.35. The van der Waals surface area contributed by atoms with Gasteiger partial charge in [0.15, 0.2) is 0 Å². The molecule has 2 rings (SSSR count). The van der Waals surface area contributed by atoms with Crippen molar-refractivity contribution in [3.05, 3.63) is 37.8 Å². The number of rotatable bonds is 10. The molecule has 0 aliphatic carbocycles. The molecule has 0 amide bonds. The van der Waals surface area contributed by atoms with Crippen molar-refractivity contribution in [1.29, 1.82) is 0 Å². The van der Waals surface area contributed by atoms with Crippen molar-refractivity contribution in [1.82, 2.24) is 0 Å². The zero-order valence-electron chi connectivity index (χ0n) is 17.8. The average Bonchev–Trinajstić information content (AvgIpc) is 3.23. The van der Waals surface area contributed by atoms with Gasteiger partial charge >= 0.3 is 129 Å². The molecule has 0 radical (unpaired) electrons. The molecule has 0 nitrogen and oxygen atoms in total. The molecule has 164 valence electrons. The third-order valence-electron chi connectivity index (χ3n) is 5.00. The third-order valence-corrected chi connectivity index (χ3v) is 25.8. The molecule has 28 heavy (non-hydrogen) atoms. The van der Waals surface area contributed by atoms with E-state index in [4.69, 9.17) is 0 Å². The zero-order chi connectivity index (χ0) is 19.4. The summed E-state index contributed by atoms with van der Waals surface area (Å²) in [6.07, 6.45) is 8.55. The summed E-state index contributed by atoms with van der Waals surface area (Å²) in [4.78, 5) is 2.88. The second-order valence-corrected chi connectivity index (χ2v) is 25.5. The summed E-state index contributed by atoms with van der Waals surface area (Å²) in [6, 6.07) is 9.03. The topological polar surface area (TPSA) is 0 Å². The van der Waals surface area contributed by atoms with Crippen molar-refractivity contribution in [3.8, 4) is 0 Å². The number of hydrogen-bond donors (Lipinski definition) is 0. The summed E-state index contributed by atoms with van der Waals surface area (Å²) >= 11 is 5.19. The number of thiophene rings is 2. The second kappa shape index (κ2) is 18.0. The van der Waals surface area contributed by atoms with Crippen LogP contribution in [0.2, 0.25) is 13.3 Å². The fourth-order valence-electron chi connectivity index (χ4n) is 3.41. The minimum absolute atomic E-state index is 0. The molecular weight excluding hydrogens is 666 g/mol. The van der Waals surface area contributed by atoms with E-state index >= 15 is 0 Å². The number of aryl methyl sites for hydroxylation is 2. The Balaban J connectivity index is 0. The van der Waals surface area contributed by atoms with E-state index in [1.54, 1.807) is 24.6 Å². The molecule has 0 aliphatic rings. The summed E-state index contributed by atoms with van der Waals surface area (Å²) in [5, 5.41) is 0. The Morgan fingerprint density at radius 3 is 1.43 bits per heavy atom. The molecule has 2 aromatic rings. The molecule has 0 saturated carbocycles. The van der Waals surface area contributed by atoms with Crippen LogP contribution < -0.4 is 2.89 Å².